The van der Waals surface area contributed by atoms with Gasteiger partial charge in [0, 0.05) is 0 Å². The van der Waals surface area contributed by atoms with E-state index in [0.29, 0.717) is 0 Å². The second-order valence-electron chi connectivity index (χ2n) is 5.89. The molecule has 1 aromatic carbocycles. The first-order valence-corrected chi connectivity index (χ1v) is 8.91. The highest BCUT2D eigenvalue weighted by atomic mass is 14.0. The third-order valence-electron chi connectivity index (χ3n) is 3.91. The van der Waals surface area contributed by atoms with E-state index in [1.54, 1.807) is 0 Å². The highest BCUT2D eigenvalue weighted by molar-refractivity contribution is 5.65. The Bertz CT molecular complexity index is 354. The van der Waals surface area contributed by atoms with Gasteiger partial charge in [0.05, 0.1) is 0 Å². The average Bonchev–Trinajstić information content (AvgIpc) is 2.51. The molecule has 0 N–H and O–H groups in total. The smallest absolute Gasteiger partial charge is 0.0201 e. The molecule has 0 radical (unpaired) electrons. The van der Waals surface area contributed by atoms with Crippen molar-refractivity contribution in [3.63, 3.8) is 0 Å². The summed E-state index contributed by atoms with van der Waals surface area (Å²) in [4.78, 5) is 0. The maximum absolute atomic E-state index is 4.00. The normalized spacial score (nSPS) is 9.90. The summed E-state index contributed by atoms with van der Waals surface area (Å²) in [7, 11) is 0. The molecule has 0 aliphatic carbocycles. The molecule has 0 saturated carbocycles. The van der Waals surface area contributed by atoms with Crippen LogP contribution in [0.25, 0.3) is 5.57 Å². The van der Waals surface area contributed by atoms with Crippen LogP contribution in [-0.2, 0) is 0 Å². The van der Waals surface area contributed by atoms with Gasteiger partial charge in [-0.3, -0.25) is 0 Å². The maximum atomic E-state index is 4.00. The van der Waals surface area contributed by atoms with Crippen LogP contribution >= 0.6 is 0 Å². The Kier molecular flexibility index (Phi) is 13.2. The Morgan fingerprint density at radius 3 is 1.71 bits per heavy atom. The van der Waals surface area contributed by atoms with Crippen LogP contribution < -0.4 is 0 Å². The predicted octanol–water partition coefficient (Wildman–Crippen LogP) is 7.57. The van der Waals surface area contributed by atoms with E-state index in [-0.39, 0.29) is 0 Å². The van der Waals surface area contributed by atoms with Crippen LogP contribution in [0.3, 0.4) is 0 Å². The average molecular weight is 289 g/mol. The molecule has 0 aliphatic rings. The molecule has 0 aliphatic heterocycles. The van der Waals surface area contributed by atoms with Gasteiger partial charge in [-0.1, -0.05) is 103 Å². The van der Waals surface area contributed by atoms with Crippen LogP contribution in [0.1, 0.15) is 89.7 Å². The molecule has 21 heavy (non-hydrogen) atoms. The summed E-state index contributed by atoms with van der Waals surface area (Å²) in [6.07, 6.45) is 12.5. The summed E-state index contributed by atoms with van der Waals surface area (Å²) in [6, 6.07) is 8.36. The zero-order valence-electron chi connectivity index (χ0n) is 14.9. The van der Waals surface area contributed by atoms with E-state index in [4.69, 9.17) is 0 Å². The van der Waals surface area contributed by atoms with Gasteiger partial charge in [-0.25, -0.2) is 0 Å². The zero-order chi connectivity index (χ0) is 15.9. The van der Waals surface area contributed by atoms with Crippen molar-refractivity contribution in [2.75, 3.05) is 0 Å². The molecule has 0 spiro atoms. The lowest BCUT2D eigenvalue weighted by Crippen LogP contribution is -1.84. The van der Waals surface area contributed by atoms with Crippen molar-refractivity contribution >= 4 is 5.57 Å². The van der Waals surface area contributed by atoms with E-state index in [9.17, 15) is 0 Å². The second-order valence-corrected chi connectivity index (χ2v) is 5.89. The van der Waals surface area contributed by atoms with Crippen molar-refractivity contribution in [3.05, 3.63) is 42.0 Å². The third-order valence-corrected chi connectivity index (χ3v) is 3.91. The highest BCUT2D eigenvalue weighted by Gasteiger charge is 1.97. The van der Waals surface area contributed by atoms with Gasteiger partial charge in [-0.15, -0.1) is 0 Å². The van der Waals surface area contributed by atoms with Crippen molar-refractivity contribution in [1.82, 2.24) is 0 Å². The number of hydrogen-bond acceptors (Lipinski definition) is 0. The molecular formula is C21H36. The summed E-state index contributed by atoms with van der Waals surface area (Å²) >= 11 is 0. The molecular weight excluding hydrogens is 252 g/mol. The number of benzene rings is 1. The molecule has 0 aromatic heterocycles. The predicted molar refractivity (Wildman–Crippen MR) is 98.8 cm³/mol. The molecule has 0 fully saturated rings. The van der Waals surface area contributed by atoms with Crippen molar-refractivity contribution in [1.29, 1.82) is 0 Å². The summed E-state index contributed by atoms with van der Waals surface area (Å²) in [5.41, 5.74) is 3.84. The van der Waals surface area contributed by atoms with Gasteiger partial charge >= 0.3 is 0 Å². The molecule has 0 nitrogen and oxygen atoms in total. The Balaban J connectivity index is 0.000000384. The fourth-order valence-electron chi connectivity index (χ4n) is 2.37. The minimum Gasteiger partial charge on any atom is -0.0952 e. The molecule has 0 bridgehead atoms. The Labute approximate surface area is 133 Å². The summed E-state index contributed by atoms with van der Waals surface area (Å²) < 4.78 is 0. The lowest BCUT2D eigenvalue weighted by molar-refractivity contribution is 0.585. The lowest BCUT2D eigenvalue weighted by atomic mass is 10.0. The van der Waals surface area contributed by atoms with Crippen LogP contribution in [0.4, 0.5) is 0 Å². The minimum absolute atomic E-state index is 1.03. The molecule has 0 saturated heterocycles. The van der Waals surface area contributed by atoms with Gasteiger partial charge in [-0.2, -0.15) is 0 Å². The van der Waals surface area contributed by atoms with Crippen molar-refractivity contribution in [3.8, 4) is 0 Å². The number of allylic oxidation sites excluding steroid dienone is 1. The number of unbranched alkanes of at least 4 members (excludes halogenated alkanes) is 7. The van der Waals surface area contributed by atoms with Gasteiger partial charge in [0.25, 0.3) is 0 Å². The largest absolute Gasteiger partial charge is 0.0952 e. The molecule has 0 atom stereocenters. The van der Waals surface area contributed by atoms with Gasteiger partial charge in [0.1, 0.15) is 0 Å². The monoisotopic (exact) mass is 288 g/mol. The molecule has 0 amide bonds. The van der Waals surface area contributed by atoms with Crippen LogP contribution in [0, 0.1) is 6.92 Å². The van der Waals surface area contributed by atoms with Crippen molar-refractivity contribution < 1.29 is 0 Å². The Morgan fingerprint density at radius 1 is 0.810 bits per heavy atom. The lowest BCUT2D eigenvalue weighted by Gasteiger charge is -2.05. The first-order valence-electron chi connectivity index (χ1n) is 8.91. The van der Waals surface area contributed by atoms with Crippen LogP contribution in [0.2, 0.25) is 0 Å². The maximum Gasteiger partial charge on any atom is -0.0201 e. The van der Waals surface area contributed by atoms with E-state index in [1.807, 2.05) is 0 Å². The minimum atomic E-state index is 1.03. The fraction of sp³-hybridized carbons (Fsp3) is 0.619. The third kappa shape index (κ3) is 10.3. The molecule has 120 valence electrons. The summed E-state index contributed by atoms with van der Waals surface area (Å²) in [5.74, 6) is 0. The topological polar surface area (TPSA) is 0 Å². The molecule has 1 rings (SSSR count). The fourth-order valence-corrected chi connectivity index (χ4v) is 2.37. The van der Waals surface area contributed by atoms with Gasteiger partial charge in [-0.05, 0) is 30.0 Å². The second kappa shape index (κ2) is 13.9. The number of aryl methyl sites for hydroxylation is 1. The van der Waals surface area contributed by atoms with Crippen LogP contribution in [0.15, 0.2) is 30.8 Å². The van der Waals surface area contributed by atoms with Crippen molar-refractivity contribution in [2.45, 2.75) is 85.5 Å². The summed E-state index contributed by atoms with van der Waals surface area (Å²) in [5, 5.41) is 0. The Hall–Kier alpha value is -1.04. The zero-order valence-corrected chi connectivity index (χ0v) is 14.9. The van der Waals surface area contributed by atoms with Crippen LogP contribution in [-0.4, -0.2) is 0 Å². The van der Waals surface area contributed by atoms with E-state index >= 15 is 0 Å². The first kappa shape index (κ1) is 20.0. The highest BCUT2D eigenvalue weighted by Crippen LogP contribution is 2.18. The number of hydrogen-bond donors (Lipinski definition) is 0. The molecule has 0 heteroatoms. The molecule has 0 unspecified atom stereocenters. The van der Waals surface area contributed by atoms with Gasteiger partial charge in [0.2, 0.25) is 0 Å². The van der Waals surface area contributed by atoms with E-state index in [2.05, 4.69) is 58.5 Å². The molecule has 0 heterocycles. The van der Waals surface area contributed by atoms with Gasteiger partial charge < -0.3 is 0 Å². The van der Waals surface area contributed by atoms with Crippen LogP contribution in [0.5, 0.6) is 0 Å². The van der Waals surface area contributed by atoms with E-state index in [1.165, 1.54) is 68.1 Å². The van der Waals surface area contributed by atoms with Gasteiger partial charge in [0.15, 0.2) is 0 Å². The SMILES string of the molecule is C=C(CC)c1ccccc1C.CCCCCCCCCC. The number of rotatable bonds is 9. The first-order chi connectivity index (χ1) is 10.2. The molecule has 1 aromatic rings. The summed E-state index contributed by atoms with van der Waals surface area (Å²) in [6.45, 7) is 12.8. The van der Waals surface area contributed by atoms with Crippen molar-refractivity contribution in [2.24, 2.45) is 0 Å². The Morgan fingerprint density at radius 2 is 1.29 bits per heavy atom. The van der Waals surface area contributed by atoms with E-state index < -0.39 is 0 Å². The standard InChI is InChI=1S/C11H14.C10H22/c1-4-9(2)11-8-6-5-7-10(11)3;1-3-5-7-9-10-8-6-4-2/h5-8H,2,4H2,1,3H3;3-10H2,1-2H3. The van der Waals surface area contributed by atoms with E-state index in [0.717, 1.165) is 6.42 Å². The quantitative estimate of drug-likeness (QED) is 0.411.